The summed E-state index contributed by atoms with van der Waals surface area (Å²) in [5.41, 5.74) is 5.73. The molecule has 4 heteroatoms. The number of ether oxygens (including phenoxy) is 2. The number of hydrogen-bond donors (Lipinski definition) is 1. The van der Waals surface area contributed by atoms with E-state index in [1.165, 1.54) is 6.42 Å². The first-order valence-electron chi connectivity index (χ1n) is 6.30. The van der Waals surface area contributed by atoms with Gasteiger partial charge in [0.2, 0.25) is 11.8 Å². The molecule has 2 unspecified atom stereocenters. The molecule has 94 valence electrons. The monoisotopic (exact) mass is 236 g/mol. The standard InChI is InChI=1S/C13H20N2O2/c1-2-16-12-7-4-8-13(15-12)17-11-6-3-5-10(11)9-14/h4,7-8,10-11H,2-3,5-6,9,14H2,1H3. The van der Waals surface area contributed by atoms with Crippen molar-refractivity contribution in [2.45, 2.75) is 32.3 Å². The van der Waals surface area contributed by atoms with Crippen LogP contribution < -0.4 is 15.2 Å². The van der Waals surface area contributed by atoms with Crippen molar-refractivity contribution in [3.8, 4) is 11.8 Å². The molecule has 1 aliphatic carbocycles. The molecule has 1 aliphatic rings. The third kappa shape index (κ3) is 3.09. The van der Waals surface area contributed by atoms with Crippen LogP contribution in [0.1, 0.15) is 26.2 Å². The molecule has 17 heavy (non-hydrogen) atoms. The third-order valence-electron chi connectivity index (χ3n) is 3.15. The maximum atomic E-state index is 5.89. The first kappa shape index (κ1) is 12.2. The summed E-state index contributed by atoms with van der Waals surface area (Å²) in [6.45, 7) is 3.25. The lowest BCUT2D eigenvalue weighted by molar-refractivity contribution is 0.153. The van der Waals surface area contributed by atoms with E-state index in [9.17, 15) is 0 Å². The van der Waals surface area contributed by atoms with Crippen molar-refractivity contribution in [2.75, 3.05) is 13.2 Å². The van der Waals surface area contributed by atoms with Crippen LogP contribution in [0.4, 0.5) is 0 Å². The molecule has 1 aromatic heterocycles. The summed E-state index contributed by atoms with van der Waals surface area (Å²) in [5.74, 6) is 1.72. The topological polar surface area (TPSA) is 57.4 Å². The van der Waals surface area contributed by atoms with E-state index in [2.05, 4.69) is 4.98 Å². The maximum Gasteiger partial charge on any atom is 0.216 e. The lowest BCUT2D eigenvalue weighted by atomic mass is 10.1. The van der Waals surface area contributed by atoms with Gasteiger partial charge in [-0.2, -0.15) is 4.98 Å². The van der Waals surface area contributed by atoms with E-state index < -0.39 is 0 Å². The minimum absolute atomic E-state index is 0.212. The van der Waals surface area contributed by atoms with E-state index in [0.29, 0.717) is 30.8 Å². The number of nitrogens with zero attached hydrogens (tertiary/aromatic N) is 1. The highest BCUT2D eigenvalue weighted by atomic mass is 16.5. The van der Waals surface area contributed by atoms with E-state index in [1.807, 2.05) is 25.1 Å². The van der Waals surface area contributed by atoms with Crippen LogP contribution in [0.25, 0.3) is 0 Å². The minimum atomic E-state index is 0.212. The summed E-state index contributed by atoms with van der Waals surface area (Å²) in [7, 11) is 0. The van der Waals surface area contributed by atoms with Gasteiger partial charge < -0.3 is 15.2 Å². The molecule has 1 heterocycles. The molecule has 4 nitrogen and oxygen atoms in total. The predicted molar refractivity (Wildman–Crippen MR) is 66.2 cm³/mol. The van der Waals surface area contributed by atoms with Crippen LogP contribution in [-0.2, 0) is 0 Å². The first-order chi connectivity index (χ1) is 8.33. The van der Waals surface area contributed by atoms with Crippen LogP contribution in [0.15, 0.2) is 18.2 Å². The highest BCUT2D eigenvalue weighted by Crippen LogP contribution is 2.28. The van der Waals surface area contributed by atoms with Crippen LogP contribution in [0.5, 0.6) is 11.8 Å². The van der Waals surface area contributed by atoms with Gasteiger partial charge in [0.1, 0.15) is 6.10 Å². The normalized spacial score (nSPS) is 23.6. The quantitative estimate of drug-likeness (QED) is 0.849. The molecule has 0 bridgehead atoms. The Morgan fingerprint density at radius 2 is 2.18 bits per heavy atom. The number of nitrogens with two attached hydrogens (primary N) is 1. The molecule has 1 saturated carbocycles. The Labute approximate surface area is 102 Å². The minimum Gasteiger partial charge on any atom is -0.478 e. The Balaban J connectivity index is 2.00. The molecule has 2 atom stereocenters. The molecule has 2 N–H and O–H groups in total. The highest BCUT2D eigenvalue weighted by molar-refractivity contribution is 5.20. The first-order valence-corrected chi connectivity index (χ1v) is 6.30. The van der Waals surface area contributed by atoms with Crippen LogP contribution in [0.3, 0.4) is 0 Å². The summed E-state index contributed by atoms with van der Waals surface area (Å²) < 4.78 is 11.2. The van der Waals surface area contributed by atoms with Gasteiger partial charge in [-0.15, -0.1) is 0 Å². The molecule has 0 spiro atoms. The SMILES string of the molecule is CCOc1cccc(OC2CCCC2CN)n1. The van der Waals surface area contributed by atoms with E-state index >= 15 is 0 Å². The summed E-state index contributed by atoms with van der Waals surface area (Å²) in [5, 5.41) is 0. The summed E-state index contributed by atoms with van der Waals surface area (Å²) >= 11 is 0. The van der Waals surface area contributed by atoms with Gasteiger partial charge in [-0.05, 0) is 32.7 Å². The van der Waals surface area contributed by atoms with Gasteiger partial charge in [0.15, 0.2) is 0 Å². The molecular weight excluding hydrogens is 216 g/mol. The van der Waals surface area contributed by atoms with Gasteiger partial charge in [-0.25, -0.2) is 0 Å². The van der Waals surface area contributed by atoms with Crippen LogP contribution in [-0.4, -0.2) is 24.2 Å². The van der Waals surface area contributed by atoms with Crippen molar-refractivity contribution in [1.29, 1.82) is 0 Å². The Kier molecular flexibility index (Phi) is 4.20. The molecule has 1 aromatic rings. The van der Waals surface area contributed by atoms with Crippen LogP contribution in [0.2, 0.25) is 0 Å². The number of rotatable bonds is 5. The van der Waals surface area contributed by atoms with E-state index in [-0.39, 0.29) is 6.10 Å². The number of hydrogen-bond acceptors (Lipinski definition) is 4. The van der Waals surface area contributed by atoms with Gasteiger partial charge in [0.05, 0.1) is 6.61 Å². The van der Waals surface area contributed by atoms with Crippen molar-refractivity contribution in [3.63, 3.8) is 0 Å². The van der Waals surface area contributed by atoms with Crippen molar-refractivity contribution in [3.05, 3.63) is 18.2 Å². The average molecular weight is 236 g/mol. The van der Waals surface area contributed by atoms with E-state index in [4.69, 9.17) is 15.2 Å². The predicted octanol–water partition coefficient (Wildman–Crippen LogP) is 1.99. The molecule has 1 fully saturated rings. The molecule has 0 saturated heterocycles. The molecule has 2 rings (SSSR count). The highest BCUT2D eigenvalue weighted by Gasteiger charge is 2.28. The largest absolute Gasteiger partial charge is 0.478 e. The second-order valence-electron chi connectivity index (χ2n) is 4.33. The third-order valence-corrected chi connectivity index (χ3v) is 3.15. The second kappa shape index (κ2) is 5.87. The molecule has 0 amide bonds. The lowest BCUT2D eigenvalue weighted by Crippen LogP contribution is -2.27. The summed E-state index contributed by atoms with van der Waals surface area (Å²) in [6.07, 6.45) is 3.64. The molecule has 0 aromatic carbocycles. The van der Waals surface area contributed by atoms with Crippen molar-refractivity contribution in [1.82, 2.24) is 4.98 Å². The van der Waals surface area contributed by atoms with E-state index in [0.717, 1.165) is 12.8 Å². The average Bonchev–Trinajstić information content (AvgIpc) is 2.77. The molecular formula is C13H20N2O2. The lowest BCUT2D eigenvalue weighted by Gasteiger charge is -2.19. The molecule has 0 radical (unpaired) electrons. The number of aromatic nitrogens is 1. The second-order valence-corrected chi connectivity index (χ2v) is 4.33. The van der Waals surface area contributed by atoms with Crippen LogP contribution >= 0.6 is 0 Å². The van der Waals surface area contributed by atoms with Gasteiger partial charge in [0.25, 0.3) is 0 Å². The summed E-state index contributed by atoms with van der Waals surface area (Å²) in [4.78, 5) is 4.31. The zero-order valence-electron chi connectivity index (χ0n) is 10.3. The van der Waals surface area contributed by atoms with Crippen molar-refractivity contribution >= 4 is 0 Å². The van der Waals surface area contributed by atoms with Gasteiger partial charge >= 0.3 is 0 Å². The van der Waals surface area contributed by atoms with Gasteiger partial charge in [-0.1, -0.05) is 6.07 Å². The van der Waals surface area contributed by atoms with Crippen LogP contribution in [0, 0.1) is 5.92 Å². The van der Waals surface area contributed by atoms with Gasteiger partial charge in [0, 0.05) is 18.1 Å². The fraction of sp³-hybridized carbons (Fsp3) is 0.615. The Morgan fingerprint density at radius 1 is 1.35 bits per heavy atom. The molecule has 0 aliphatic heterocycles. The van der Waals surface area contributed by atoms with Crippen molar-refractivity contribution < 1.29 is 9.47 Å². The Bertz CT molecular complexity index is 357. The number of pyridine rings is 1. The Morgan fingerprint density at radius 3 is 2.94 bits per heavy atom. The fourth-order valence-electron chi connectivity index (χ4n) is 2.27. The maximum absolute atomic E-state index is 5.89. The van der Waals surface area contributed by atoms with E-state index in [1.54, 1.807) is 0 Å². The summed E-state index contributed by atoms with van der Waals surface area (Å²) in [6, 6.07) is 5.61. The van der Waals surface area contributed by atoms with Gasteiger partial charge in [-0.3, -0.25) is 0 Å². The zero-order valence-corrected chi connectivity index (χ0v) is 10.3. The van der Waals surface area contributed by atoms with Crippen molar-refractivity contribution in [2.24, 2.45) is 11.7 Å². The fourth-order valence-corrected chi connectivity index (χ4v) is 2.27. The smallest absolute Gasteiger partial charge is 0.216 e. The Hall–Kier alpha value is -1.29. The zero-order chi connectivity index (χ0) is 12.1.